The second-order valence-electron chi connectivity index (χ2n) is 5.02. The van der Waals surface area contributed by atoms with E-state index >= 15 is 0 Å². The molecule has 0 N–H and O–H groups in total. The highest BCUT2D eigenvalue weighted by molar-refractivity contribution is 9.10. The van der Waals surface area contributed by atoms with Crippen LogP contribution in [0.5, 0.6) is 11.5 Å². The lowest BCUT2D eigenvalue weighted by Gasteiger charge is -2.26. The smallest absolute Gasteiger partial charge is 0.238 e. The summed E-state index contributed by atoms with van der Waals surface area (Å²) in [7, 11) is 3.21. The molecule has 1 aliphatic rings. The first-order valence-electron chi connectivity index (χ1n) is 7.05. The monoisotopic (exact) mass is 393 g/mol. The molecule has 0 aromatic heterocycles. The second kappa shape index (κ2) is 6.84. The summed E-state index contributed by atoms with van der Waals surface area (Å²) in [6.45, 7) is 0. The Morgan fingerprint density at radius 2 is 2.00 bits per heavy atom. The molecule has 1 saturated heterocycles. The van der Waals surface area contributed by atoms with E-state index in [-0.39, 0.29) is 11.3 Å². The lowest BCUT2D eigenvalue weighted by Crippen LogP contribution is -2.28. The lowest BCUT2D eigenvalue weighted by atomic mass is 10.1. The van der Waals surface area contributed by atoms with Gasteiger partial charge in [0.25, 0.3) is 0 Å². The number of halogens is 1. The molecule has 0 bridgehead atoms. The zero-order valence-electron chi connectivity index (χ0n) is 12.8. The van der Waals surface area contributed by atoms with Crippen molar-refractivity contribution in [2.24, 2.45) is 0 Å². The van der Waals surface area contributed by atoms with Gasteiger partial charge in [-0.2, -0.15) is 0 Å². The van der Waals surface area contributed by atoms with E-state index in [1.54, 1.807) is 30.9 Å². The molecule has 0 spiro atoms. The Labute approximate surface area is 147 Å². The van der Waals surface area contributed by atoms with Crippen LogP contribution >= 0.6 is 27.7 Å². The number of nitrogens with zero attached hydrogens (tertiary/aromatic N) is 1. The fourth-order valence-corrected chi connectivity index (χ4v) is 4.15. The van der Waals surface area contributed by atoms with Gasteiger partial charge in [0.1, 0.15) is 16.9 Å². The zero-order valence-corrected chi connectivity index (χ0v) is 15.2. The van der Waals surface area contributed by atoms with E-state index in [0.29, 0.717) is 17.3 Å². The van der Waals surface area contributed by atoms with Crippen molar-refractivity contribution >= 4 is 39.3 Å². The largest absolute Gasteiger partial charge is 0.497 e. The van der Waals surface area contributed by atoms with Gasteiger partial charge < -0.3 is 9.47 Å². The summed E-state index contributed by atoms with van der Waals surface area (Å²) in [6.07, 6.45) is 0. The number of thioether (sulfide) groups is 1. The summed E-state index contributed by atoms with van der Waals surface area (Å²) >= 11 is 5.10. The van der Waals surface area contributed by atoms with Gasteiger partial charge in [-0.05, 0) is 29.8 Å². The summed E-state index contributed by atoms with van der Waals surface area (Å²) in [5, 5.41) is -0.0824. The number of hydrogen-bond acceptors (Lipinski definition) is 4. The molecule has 4 nitrogen and oxygen atoms in total. The minimum Gasteiger partial charge on any atom is -0.497 e. The highest BCUT2D eigenvalue weighted by atomic mass is 79.9. The minimum atomic E-state index is -0.0824. The normalized spacial score (nSPS) is 17.4. The fraction of sp³-hybridized carbons (Fsp3) is 0.235. The number of amides is 1. The molecule has 0 radical (unpaired) electrons. The molecule has 2 aromatic carbocycles. The SMILES string of the molecule is COc1ccc(OC)c(N2C(=O)CSC2c2cccc(Br)c2)c1. The van der Waals surface area contributed by atoms with E-state index in [1.807, 2.05) is 42.5 Å². The van der Waals surface area contributed by atoms with Crippen molar-refractivity contribution in [2.45, 2.75) is 5.37 Å². The number of anilines is 1. The number of hydrogen-bond donors (Lipinski definition) is 0. The van der Waals surface area contributed by atoms with Crippen molar-refractivity contribution in [1.29, 1.82) is 0 Å². The van der Waals surface area contributed by atoms with Gasteiger partial charge in [0.05, 0.1) is 25.7 Å². The van der Waals surface area contributed by atoms with Crippen LogP contribution in [0.2, 0.25) is 0 Å². The van der Waals surface area contributed by atoms with Gasteiger partial charge >= 0.3 is 0 Å². The summed E-state index contributed by atoms with van der Waals surface area (Å²) in [4.78, 5) is 14.3. The molecule has 1 unspecified atom stereocenters. The van der Waals surface area contributed by atoms with Gasteiger partial charge in [0.2, 0.25) is 5.91 Å². The number of benzene rings is 2. The maximum Gasteiger partial charge on any atom is 0.238 e. The van der Waals surface area contributed by atoms with Crippen LogP contribution in [-0.2, 0) is 4.79 Å². The van der Waals surface area contributed by atoms with Crippen LogP contribution in [0.4, 0.5) is 5.69 Å². The predicted molar refractivity (Wildman–Crippen MR) is 96.4 cm³/mol. The Morgan fingerprint density at radius 1 is 1.17 bits per heavy atom. The van der Waals surface area contributed by atoms with E-state index in [4.69, 9.17) is 9.47 Å². The van der Waals surface area contributed by atoms with Gasteiger partial charge in [-0.1, -0.05) is 28.1 Å². The molecule has 0 aliphatic carbocycles. The molecule has 2 aromatic rings. The van der Waals surface area contributed by atoms with Crippen LogP contribution in [-0.4, -0.2) is 25.9 Å². The third-order valence-electron chi connectivity index (χ3n) is 3.65. The van der Waals surface area contributed by atoms with Gasteiger partial charge in [0.15, 0.2) is 0 Å². The molecular weight excluding hydrogens is 378 g/mol. The number of carbonyl (C=O) groups is 1. The molecule has 0 saturated carbocycles. The Balaban J connectivity index is 2.07. The van der Waals surface area contributed by atoms with Crippen molar-refractivity contribution in [1.82, 2.24) is 0 Å². The number of carbonyl (C=O) groups excluding carboxylic acids is 1. The molecule has 1 atom stereocenters. The summed E-state index contributed by atoms with van der Waals surface area (Å²) in [5.74, 6) is 1.85. The number of ether oxygens (including phenoxy) is 2. The highest BCUT2D eigenvalue weighted by Crippen LogP contribution is 2.46. The Bertz CT molecular complexity index is 738. The second-order valence-corrected chi connectivity index (χ2v) is 7.00. The zero-order chi connectivity index (χ0) is 16.4. The van der Waals surface area contributed by atoms with Crippen molar-refractivity contribution < 1.29 is 14.3 Å². The first kappa shape index (κ1) is 16.2. The van der Waals surface area contributed by atoms with E-state index in [0.717, 1.165) is 15.7 Å². The molecule has 120 valence electrons. The van der Waals surface area contributed by atoms with E-state index in [9.17, 15) is 4.79 Å². The van der Waals surface area contributed by atoms with Gasteiger partial charge in [-0.25, -0.2) is 0 Å². The third kappa shape index (κ3) is 3.19. The van der Waals surface area contributed by atoms with Crippen molar-refractivity contribution in [3.63, 3.8) is 0 Å². The lowest BCUT2D eigenvalue weighted by molar-refractivity contribution is -0.115. The van der Waals surface area contributed by atoms with Gasteiger partial charge in [-0.15, -0.1) is 11.8 Å². The van der Waals surface area contributed by atoms with Crippen LogP contribution in [0.15, 0.2) is 46.9 Å². The van der Waals surface area contributed by atoms with Crippen LogP contribution in [0, 0.1) is 0 Å². The first-order valence-corrected chi connectivity index (χ1v) is 8.89. The quantitative estimate of drug-likeness (QED) is 0.778. The molecule has 3 rings (SSSR count). The van der Waals surface area contributed by atoms with Gasteiger partial charge in [0, 0.05) is 10.5 Å². The van der Waals surface area contributed by atoms with Crippen molar-refractivity contribution in [3.05, 3.63) is 52.5 Å². The number of methoxy groups -OCH3 is 2. The van der Waals surface area contributed by atoms with E-state index < -0.39 is 0 Å². The summed E-state index contributed by atoms with van der Waals surface area (Å²) in [5.41, 5.74) is 1.80. The topological polar surface area (TPSA) is 38.8 Å². The third-order valence-corrected chi connectivity index (χ3v) is 5.35. The van der Waals surface area contributed by atoms with Crippen molar-refractivity contribution in [3.8, 4) is 11.5 Å². The standard InChI is InChI=1S/C17H16BrNO3S/c1-21-13-6-7-15(22-2)14(9-13)19-16(20)10-23-17(19)11-4-3-5-12(18)8-11/h3-9,17H,10H2,1-2H3. The average molecular weight is 394 g/mol. The van der Waals surface area contributed by atoms with Crippen LogP contribution < -0.4 is 14.4 Å². The molecule has 23 heavy (non-hydrogen) atoms. The van der Waals surface area contributed by atoms with Crippen LogP contribution in [0.25, 0.3) is 0 Å². The fourth-order valence-electron chi connectivity index (χ4n) is 2.58. The van der Waals surface area contributed by atoms with Gasteiger partial charge in [-0.3, -0.25) is 9.69 Å². The molecular formula is C17H16BrNO3S. The minimum absolute atomic E-state index is 0.0616. The first-order chi connectivity index (χ1) is 11.1. The molecule has 1 aliphatic heterocycles. The van der Waals surface area contributed by atoms with Crippen molar-refractivity contribution in [2.75, 3.05) is 24.9 Å². The number of rotatable bonds is 4. The highest BCUT2D eigenvalue weighted by Gasteiger charge is 2.35. The molecule has 1 fully saturated rings. The van der Waals surface area contributed by atoms with E-state index in [2.05, 4.69) is 15.9 Å². The molecule has 6 heteroatoms. The summed E-state index contributed by atoms with van der Waals surface area (Å²) in [6, 6.07) is 13.5. The molecule has 1 heterocycles. The maximum atomic E-state index is 12.5. The predicted octanol–water partition coefficient (Wildman–Crippen LogP) is 4.24. The summed E-state index contributed by atoms with van der Waals surface area (Å²) < 4.78 is 11.7. The Morgan fingerprint density at radius 3 is 2.70 bits per heavy atom. The van der Waals surface area contributed by atoms with E-state index in [1.165, 1.54) is 0 Å². The maximum absolute atomic E-state index is 12.5. The van der Waals surface area contributed by atoms with Crippen LogP contribution in [0.1, 0.15) is 10.9 Å². The Hall–Kier alpha value is -1.66. The average Bonchev–Trinajstić information content (AvgIpc) is 2.95. The molecule has 1 amide bonds. The van der Waals surface area contributed by atoms with Crippen LogP contribution in [0.3, 0.4) is 0 Å². The Kier molecular flexibility index (Phi) is 4.82.